The number of hydrogen-bond acceptors (Lipinski definition) is 3. The van der Waals surface area contributed by atoms with Crippen LogP contribution in [0.15, 0.2) is 11.8 Å². The van der Waals surface area contributed by atoms with Gasteiger partial charge in [-0.15, -0.1) is 0 Å². The molecule has 1 saturated heterocycles. The van der Waals surface area contributed by atoms with Crippen molar-refractivity contribution in [3.63, 3.8) is 0 Å². The minimum absolute atomic E-state index is 0.688. The van der Waals surface area contributed by atoms with E-state index in [0.717, 1.165) is 44.8 Å². The number of β-amino-alcohol motifs (C(OH)–C–C–N with tert-alkyl or cyclic N) is 1. The summed E-state index contributed by atoms with van der Waals surface area (Å²) in [6.07, 6.45) is 3.79. The first-order chi connectivity index (χ1) is 6.24. The minimum Gasteiger partial charge on any atom is -0.495 e. The molecule has 0 aromatic rings. The number of aliphatic hydroxyl groups is 1. The largest absolute Gasteiger partial charge is 0.495 e. The molecule has 0 amide bonds. The average molecular weight is 183 g/mol. The molecule has 0 bridgehead atoms. The van der Waals surface area contributed by atoms with Crippen molar-refractivity contribution in [3.8, 4) is 0 Å². The molecule has 3 nitrogen and oxygen atoms in total. The maximum Gasteiger partial charge on any atom is 0.135 e. The van der Waals surface area contributed by atoms with E-state index >= 15 is 0 Å². The van der Waals surface area contributed by atoms with E-state index in [1.807, 2.05) is 6.08 Å². The van der Waals surface area contributed by atoms with Gasteiger partial charge in [0, 0.05) is 19.5 Å². The molecule has 1 atom stereocenters. The second kappa shape index (κ2) is 3.31. The van der Waals surface area contributed by atoms with E-state index in [1.165, 1.54) is 0 Å². The van der Waals surface area contributed by atoms with Gasteiger partial charge in [0.15, 0.2) is 0 Å². The van der Waals surface area contributed by atoms with E-state index in [0.29, 0.717) is 0 Å². The zero-order valence-corrected chi connectivity index (χ0v) is 8.12. The van der Waals surface area contributed by atoms with Gasteiger partial charge >= 0.3 is 0 Å². The molecule has 0 spiro atoms. The highest BCUT2D eigenvalue weighted by Gasteiger charge is 2.40. The topological polar surface area (TPSA) is 32.7 Å². The SMILES string of the molecule is CCN1CCC(O)(C2=CCCO2)C1. The first-order valence-electron chi connectivity index (χ1n) is 5.03. The van der Waals surface area contributed by atoms with Crippen LogP contribution in [0, 0.1) is 0 Å². The Bertz CT molecular complexity index is 227. The van der Waals surface area contributed by atoms with Gasteiger partial charge in [0.25, 0.3) is 0 Å². The number of ether oxygens (including phenoxy) is 1. The summed E-state index contributed by atoms with van der Waals surface area (Å²) in [5.74, 6) is 0.809. The molecule has 74 valence electrons. The van der Waals surface area contributed by atoms with E-state index in [-0.39, 0.29) is 0 Å². The van der Waals surface area contributed by atoms with Crippen LogP contribution >= 0.6 is 0 Å². The number of likely N-dealkylation sites (N-methyl/N-ethyl adjacent to an activating group) is 1. The molecule has 1 unspecified atom stereocenters. The van der Waals surface area contributed by atoms with Crippen molar-refractivity contribution in [3.05, 3.63) is 11.8 Å². The smallest absolute Gasteiger partial charge is 0.135 e. The highest BCUT2D eigenvalue weighted by Crippen LogP contribution is 2.31. The van der Waals surface area contributed by atoms with Gasteiger partial charge in [0.1, 0.15) is 11.4 Å². The first-order valence-corrected chi connectivity index (χ1v) is 5.03. The summed E-state index contributed by atoms with van der Waals surface area (Å²) in [7, 11) is 0. The molecule has 13 heavy (non-hydrogen) atoms. The molecule has 2 aliphatic rings. The molecule has 0 aliphatic carbocycles. The summed E-state index contributed by atoms with van der Waals surface area (Å²) in [5, 5.41) is 10.3. The second-order valence-corrected chi connectivity index (χ2v) is 3.86. The van der Waals surface area contributed by atoms with Gasteiger partial charge in [0.05, 0.1) is 6.61 Å². The van der Waals surface area contributed by atoms with Crippen LogP contribution in [0.1, 0.15) is 19.8 Å². The fourth-order valence-corrected chi connectivity index (χ4v) is 2.08. The first kappa shape index (κ1) is 9.03. The van der Waals surface area contributed by atoms with Gasteiger partial charge < -0.3 is 14.7 Å². The fraction of sp³-hybridized carbons (Fsp3) is 0.800. The highest BCUT2D eigenvalue weighted by molar-refractivity contribution is 5.16. The van der Waals surface area contributed by atoms with E-state index in [2.05, 4.69) is 11.8 Å². The molecule has 2 heterocycles. The second-order valence-electron chi connectivity index (χ2n) is 3.86. The maximum absolute atomic E-state index is 10.3. The molecule has 2 aliphatic heterocycles. The van der Waals surface area contributed by atoms with Crippen molar-refractivity contribution in [1.29, 1.82) is 0 Å². The molecule has 0 saturated carbocycles. The van der Waals surface area contributed by atoms with Crippen LogP contribution < -0.4 is 0 Å². The lowest BCUT2D eigenvalue weighted by atomic mass is 10.0. The van der Waals surface area contributed by atoms with Crippen LogP contribution in [0.3, 0.4) is 0 Å². The molecule has 2 rings (SSSR count). The summed E-state index contributed by atoms with van der Waals surface area (Å²) in [4.78, 5) is 2.25. The average Bonchev–Trinajstić information content (AvgIpc) is 2.72. The standard InChI is InChI=1S/C10H17NO2/c1-2-11-6-5-10(12,8-11)9-4-3-7-13-9/h4,12H,2-3,5-8H2,1H3. The normalized spacial score (nSPS) is 34.8. The summed E-state index contributed by atoms with van der Waals surface area (Å²) in [5.41, 5.74) is -0.688. The third-order valence-corrected chi connectivity index (χ3v) is 2.94. The number of likely N-dealkylation sites (tertiary alicyclic amines) is 1. The van der Waals surface area contributed by atoms with Gasteiger partial charge in [-0.1, -0.05) is 6.92 Å². The molecule has 0 aromatic carbocycles. The molecule has 0 aromatic heterocycles. The molecular weight excluding hydrogens is 166 g/mol. The lowest BCUT2D eigenvalue weighted by Gasteiger charge is -2.23. The number of hydrogen-bond donors (Lipinski definition) is 1. The zero-order valence-electron chi connectivity index (χ0n) is 8.12. The van der Waals surface area contributed by atoms with Crippen molar-refractivity contribution >= 4 is 0 Å². The van der Waals surface area contributed by atoms with E-state index in [1.54, 1.807) is 0 Å². The Morgan fingerprint density at radius 2 is 2.54 bits per heavy atom. The molecule has 0 radical (unpaired) electrons. The quantitative estimate of drug-likeness (QED) is 0.685. The van der Waals surface area contributed by atoms with Gasteiger partial charge in [-0.05, 0) is 19.0 Å². The Labute approximate surface area is 79.0 Å². The van der Waals surface area contributed by atoms with Crippen molar-refractivity contribution in [2.24, 2.45) is 0 Å². The lowest BCUT2D eigenvalue weighted by Crippen LogP contribution is -2.35. The highest BCUT2D eigenvalue weighted by atomic mass is 16.5. The Balaban J connectivity index is 2.05. The van der Waals surface area contributed by atoms with Crippen molar-refractivity contribution in [2.75, 3.05) is 26.2 Å². The van der Waals surface area contributed by atoms with Crippen molar-refractivity contribution < 1.29 is 9.84 Å². The predicted octanol–water partition coefficient (Wildman–Crippen LogP) is 0.747. The van der Waals surface area contributed by atoms with Crippen LogP contribution in [-0.4, -0.2) is 41.8 Å². The predicted molar refractivity (Wildman–Crippen MR) is 50.3 cm³/mol. The summed E-state index contributed by atoms with van der Waals surface area (Å²) < 4.78 is 5.42. The van der Waals surface area contributed by atoms with E-state index < -0.39 is 5.60 Å². The number of rotatable bonds is 2. The minimum atomic E-state index is -0.688. The summed E-state index contributed by atoms with van der Waals surface area (Å²) in [6, 6.07) is 0. The van der Waals surface area contributed by atoms with Crippen LogP contribution in [0.2, 0.25) is 0 Å². The maximum atomic E-state index is 10.3. The fourth-order valence-electron chi connectivity index (χ4n) is 2.08. The third kappa shape index (κ3) is 1.58. The van der Waals surface area contributed by atoms with Gasteiger partial charge in [0.2, 0.25) is 0 Å². The lowest BCUT2D eigenvalue weighted by molar-refractivity contribution is 0.0274. The van der Waals surface area contributed by atoms with Gasteiger partial charge in [-0.25, -0.2) is 0 Å². The zero-order chi connectivity index (χ0) is 9.31. The van der Waals surface area contributed by atoms with Gasteiger partial charge in [-0.2, -0.15) is 0 Å². The van der Waals surface area contributed by atoms with E-state index in [9.17, 15) is 5.11 Å². The Morgan fingerprint density at radius 3 is 3.08 bits per heavy atom. The van der Waals surface area contributed by atoms with Crippen LogP contribution in [-0.2, 0) is 4.74 Å². The molecule has 1 N–H and O–H groups in total. The number of nitrogens with zero attached hydrogens (tertiary/aromatic N) is 1. The van der Waals surface area contributed by atoms with Crippen LogP contribution in [0.4, 0.5) is 0 Å². The Hall–Kier alpha value is -0.540. The van der Waals surface area contributed by atoms with Crippen molar-refractivity contribution in [1.82, 2.24) is 4.90 Å². The molecular formula is C10H17NO2. The molecule has 1 fully saturated rings. The summed E-state index contributed by atoms with van der Waals surface area (Å²) in [6.45, 7) is 5.58. The molecule has 3 heteroatoms. The van der Waals surface area contributed by atoms with Crippen LogP contribution in [0.5, 0.6) is 0 Å². The van der Waals surface area contributed by atoms with Gasteiger partial charge in [-0.3, -0.25) is 0 Å². The monoisotopic (exact) mass is 183 g/mol. The van der Waals surface area contributed by atoms with E-state index in [4.69, 9.17) is 4.74 Å². The Morgan fingerprint density at radius 1 is 1.69 bits per heavy atom. The third-order valence-electron chi connectivity index (χ3n) is 2.94. The van der Waals surface area contributed by atoms with Crippen LogP contribution in [0.25, 0.3) is 0 Å². The Kier molecular flexibility index (Phi) is 2.30. The summed E-state index contributed by atoms with van der Waals surface area (Å²) >= 11 is 0. The van der Waals surface area contributed by atoms with Crippen molar-refractivity contribution in [2.45, 2.75) is 25.4 Å².